The molecule has 0 atom stereocenters. The predicted octanol–water partition coefficient (Wildman–Crippen LogP) is 2.30. The van der Waals surface area contributed by atoms with Gasteiger partial charge in [-0.05, 0) is 24.1 Å². The Morgan fingerprint density at radius 3 is 2.78 bits per heavy atom. The number of carbonyl (C=O) groups is 1. The first-order valence-electron chi connectivity index (χ1n) is 10.2. The van der Waals surface area contributed by atoms with Gasteiger partial charge in [0, 0.05) is 27.2 Å². The lowest BCUT2D eigenvalue weighted by Crippen LogP contribution is -2.37. The molecule has 0 saturated heterocycles. The van der Waals surface area contributed by atoms with E-state index in [0.29, 0.717) is 50.0 Å². The second kappa shape index (κ2) is 10.1. The number of aromatic nitrogens is 4. The highest BCUT2D eigenvalue weighted by Gasteiger charge is 2.21. The summed E-state index contributed by atoms with van der Waals surface area (Å²) in [6.45, 7) is 1.94. The van der Waals surface area contributed by atoms with Crippen LogP contribution in [0.15, 0.2) is 47.0 Å². The van der Waals surface area contributed by atoms with Crippen molar-refractivity contribution in [1.29, 1.82) is 0 Å². The van der Waals surface area contributed by atoms with Gasteiger partial charge in [-0.1, -0.05) is 24.3 Å². The van der Waals surface area contributed by atoms with Crippen LogP contribution in [0.1, 0.15) is 13.5 Å². The molecule has 1 aromatic carbocycles. The fourth-order valence-electron chi connectivity index (χ4n) is 3.25. The van der Waals surface area contributed by atoms with Gasteiger partial charge in [0.2, 0.25) is 11.8 Å². The van der Waals surface area contributed by atoms with Gasteiger partial charge in [-0.3, -0.25) is 4.79 Å². The number of rotatable bonds is 8. The molecule has 1 aliphatic rings. The summed E-state index contributed by atoms with van der Waals surface area (Å²) in [5.74, 6) is 0.737. The van der Waals surface area contributed by atoms with Gasteiger partial charge < -0.3 is 24.5 Å². The molecule has 10 heteroatoms. The lowest BCUT2D eigenvalue weighted by Gasteiger charge is -2.26. The Labute approximate surface area is 186 Å². The third-order valence-electron chi connectivity index (χ3n) is 5.00. The van der Waals surface area contributed by atoms with Crippen LogP contribution in [0.25, 0.3) is 28.6 Å². The molecule has 1 aliphatic heterocycles. The molecule has 0 aliphatic carbocycles. The first-order chi connectivity index (χ1) is 15.7. The van der Waals surface area contributed by atoms with E-state index in [1.165, 1.54) is 0 Å². The quantitative estimate of drug-likeness (QED) is 0.526. The topological polar surface area (TPSA) is 129 Å². The molecule has 1 amide bonds. The number of carbonyl (C=O) groups excluding carboxylic acids is 1. The van der Waals surface area contributed by atoms with Crippen molar-refractivity contribution in [3.8, 4) is 23.0 Å². The van der Waals surface area contributed by atoms with Crippen LogP contribution in [-0.2, 0) is 14.3 Å². The number of hydrogen-bond acceptors (Lipinski definition) is 9. The number of nitrogens with zero attached hydrogens (tertiary/aromatic N) is 5. The molecule has 2 aromatic heterocycles. The highest BCUT2D eigenvalue weighted by molar-refractivity contribution is 5.79. The van der Waals surface area contributed by atoms with Crippen LogP contribution < -0.4 is 5.73 Å². The smallest absolute Gasteiger partial charge is 0.270 e. The van der Waals surface area contributed by atoms with Gasteiger partial charge in [0.15, 0.2) is 11.5 Å². The second-order valence-corrected chi connectivity index (χ2v) is 7.13. The summed E-state index contributed by atoms with van der Waals surface area (Å²) in [6, 6.07) is 9.46. The van der Waals surface area contributed by atoms with E-state index < -0.39 is 0 Å². The highest BCUT2D eigenvalue weighted by atomic mass is 16.5. The van der Waals surface area contributed by atoms with E-state index in [9.17, 15) is 4.79 Å². The predicted molar refractivity (Wildman–Crippen MR) is 119 cm³/mol. The molecule has 3 heterocycles. The van der Waals surface area contributed by atoms with Crippen LogP contribution >= 0.6 is 0 Å². The minimum Gasteiger partial charge on any atom is -0.414 e. The Morgan fingerprint density at radius 2 is 2.03 bits per heavy atom. The van der Waals surface area contributed by atoms with Crippen molar-refractivity contribution in [3.05, 3.63) is 48.3 Å². The normalized spacial score (nSPS) is 13.8. The lowest BCUT2D eigenvalue weighted by molar-refractivity contribution is -0.136. The monoisotopic (exact) mass is 438 g/mol. The van der Waals surface area contributed by atoms with Gasteiger partial charge in [-0.15, -0.1) is 10.2 Å². The molecule has 4 rings (SSSR count). The zero-order valence-corrected chi connectivity index (χ0v) is 17.7. The van der Waals surface area contributed by atoms with E-state index >= 15 is 0 Å². The van der Waals surface area contributed by atoms with Gasteiger partial charge in [-0.2, -0.15) is 0 Å². The van der Waals surface area contributed by atoms with Crippen molar-refractivity contribution < 1.29 is 20.1 Å². The van der Waals surface area contributed by atoms with Gasteiger partial charge >= 0.3 is 0 Å². The van der Waals surface area contributed by atoms with Crippen molar-refractivity contribution in [2.24, 2.45) is 0 Å². The standard InChI is InChI=1S/C22H24N6O4.H2/c1-30-11-12-31-14-18(29)28-9-7-15(8-10-28)17-13-24-20(23)19(25-17)22-27-26-21(32-22)16-5-3-2-4-6-16;/h2-7,13H,8-12,14H2,1H3,(H2,23,24);1H. The Balaban J connectivity index is 0.00000306. The van der Waals surface area contributed by atoms with Crippen LogP contribution in [0, 0.1) is 0 Å². The molecule has 0 spiro atoms. The van der Waals surface area contributed by atoms with E-state index in [0.717, 1.165) is 11.1 Å². The fraction of sp³-hybridized carbons (Fsp3) is 0.318. The number of hydrogen-bond donors (Lipinski definition) is 1. The minimum absolute atomic E-state index is 0. The van der Waals surface area contributed by atoms with E-state index in [2.05, 4.69) is 20.2 Å². The van der Waals surface area contributed by atoms with Crippen molar-refractivity contribution in [2.75, 3.05) is 45.8 Å². The van der Waals surface area contributed by atoms with Gasteiger partial charge in [0.25, 0.3) is 5.89 Å². The van der Waals surface area contributed by atoms with Crippen LogP contribution in [0.4, 0.5) is 5.82 Å². The first-order valence-corrected chi connectivity index (χ1v) is 10.2. The van der Waals surface area contributed by atoms with Crippen molar-refractivity contribution in [3.63, 3.8) is 0 Å². The Bertz CT molecular complexity index is 1110. The minimum atomic E-state index is -0.0558. The van der Waals surface area contributed by atoms with Crippen LogP contribution in [0.5, 0.6) is 0 Å². The van der Waals surface area contributed by atoms with Gasteiger partial charge in [-0.25, -0.2) is 9.97 Å². The molecule has 10 nitrogen and oxygen atoms in total. The van der Waals surface area contributed by atoms with E-state index in [4.69, 9.17) is 19.6 Å². The molecule has 0 saturated carbocycles. The molecule has 2 N–H and O–H groups in total. The summed E-state index contributed by atoms with van der Waals surface area (Å²) in [6.07, 6.45) is 4.22. The van der Waals surface area contributed by atoms with Crippen molar-refractivity contribution in [1.82, 2.24) is 25.1 Å². The largest absolute Gasteiger partial charge is 0.414 e. The maximum atomic E-state index is 12.3. The summed E-state index contributed by atoms with van der Waals surface area (Å²) in [5, 5.41) is 8.19. The van der Waals surface area contributed by atoms with Gasteiger partial charge in [0.1, 0.15) is 6.61 Å². The first kappa shape index (κ1) is 21.6. The zero-order chi connectivity index (χ0) is 22.3. The maximum absolute atomic E-state index is 12.3. The highest BCUT2D eigenvalue weighted by Crippen LogP contribution is 2.28. The van der Waals surface area contributed by atoms with E-state index in [1.54, 1.807) is 18.2 Å². The van der Waals surface area contributed by atoms with Gasteiger partial charge in [0.05, 0.1) is 25.1 Å². The van der Waals surface area contributed by atoms with E-state index in [-0.39, 0.29) is 25.6 Å². The molecular weight excluding hydrogens is 412 g/mol. The molecule has 0 fully saturated rings. The Hall–Kier alpha value is -3.63. The maximum Gasteiger partial charge on any atom is 0.270 e. The third kappa shape index (κ3) is 4.98. The van der Waals surface area contributed by atoms with E-state index in [1.807, 2.05) is 36.4 Å². The molecule has 168 valence electrons. The summed E-state index contributed by atoms with van der Waals surface area (Å²) in [7, 11) is 1.59. The molecule has 0 unspecified atom stereocenters. The summed E-state index contributed by atoms with van der Waals surface area (Å²) >= 11 is 0. The average Bonchev–Trinajstić information content (AvgIpc) is 3.33. The molecule has 0 radical (unpaired) electrons. The zero-order valence-electron chi connectivity index (χ0n) is 17.7. The lowest BCUT2D eigenvalue weighted by atomic mass is 10.0. The second-order valence-electron chi connectivity index (χ2n) is 7.13. The fourth-order valence-corrected chi connectivity index (χ4v) is 3.25. The van der Waals surface area contributed by atoms with Crippen molar-refractivity contribution >= 4 is 17.3 Å². The molecule has 3 aromatic rings. The summed E-state index contributed by atoms with van der Waals surface area (Å²) in [4.78, 5) is 22.9. The number of anilines is 1. The Morgan fingerprint density at radius 1 is 1.22 bits per heavy atom. The Kier molecular flexibility index (Phi) is 6.83. The van der Waals surface area contributed by atoms with Crippen LogP contribution in [0.2, 0.25) is 0 Å². The SMILES string of the molecule is COCCOCC(=O)N1CC=C(c2cnc(N)c(-c3nnc(-c4ccccc4)o3)n2)CC1.[HH]. The average molecular weight is 438 g/mol. The third-order valence-corrected chi connectivity index (χ3v) is 5.00. The summed E-state index contributed by atoms with van der Waals surface area (Å²) < 4.78 is 16.0. The van der Waals surface area contributed by atoms with Crippen LogP contribution in [0.3, 0.4) is 0 Å². The number of amides is 1. The number of benzene rings is 1. The molecule has 32 heavy (non-hydrogen) atoms. The number of ether oxygens (including phenoxy) is 2. The number of nitrogen functional groups attached to an aromatic ring is 1. The molecular formula is C22H26N6O4. The van der Waals surface area contributed by atoms with Crippen molar-refractivity contribution in [2.45, 2.75) is 6.42 Å². The summed E-state index contributed by atoms with van der Waals surface area (Å²) in [5.41, 5.74) is 8.82. The molecule has 0 bridgehead atoms. The van der Waals surface area contributed by atoms with Crippen LogP contribution in [-0.4, -0.2) is 71.0 Å². The number of nitrogens with two attached hydrogens (primary N) is 1. The number of methoxy groups -OCH3 is 1.